The van der Waals surface area contributed by atoms with Gasteiger partial charge in [0.2, 0.25) is 0 Å². The minimum Gasteiger partial charge on any atom is -0.460 e. The molecule has 33 heavy (non-hydrogen) atoms. The zero-order chi connectivity index (χ0) is 24.0. The van der Waals surface area contributed by atoms with E-state index >= 15 is 0 Å². The molecule has 0 spiro atoms. The van der Waals surface area contributed by atoms with Crippen molar-refractivity contribution in [2.45, 2.75) is 32.7 Å². The normalized spacial score (nSPS) is 12.3. The average molecular weight is 462 g/mol. The second kappa shape index (κ2) is 10.4. The van der Waals surface area contributed by atoms with Gasteiger partial charge in [0.25, 0.3) is 0 Å². The third kappa shape index (κ3) is 6.97. The first-order chi connectivity index (χ1) is 15.6. The summed E-state index contributed by atoms with van der Waals surface area (Å²) in [4.78, 5) is 12.8. The highest BCUT2D eigenvalue weighted by atomic mass is 19.4. The predicted molar refractivity (Wildman–Crippen MR) is 113 cm³/mol. The van der Waals surface area contributed by atoms with Crippen LogP contribution in [0.15, 0.2) is 72.8 Å². The molecule has 0 bridgehead atoms. The number of carbonyl (C=O) groups is 1. The number of ether oxygens (including phenoxy) is 3. The number of esters is 1. The number of para-hydroxylation sites is 1. The van der Waals surface area contributed by atoms with Crippen LogP contribution < -0.4 is 9.47 Å². The van der Waals surface area contributed by atoms with E-state index in [0.717, 1.165) is 12.1 Å². The topological polar surface area (TPSA) is 44.8 Å². The summed E-state index contributed by atoms with van der Waals surface area (Å²) in [5.41, 5.74) is 1.02. The van der Waals surface area contributed by atoms with Gasteiger partial charge in [0.1, 0.15) is 18.1 Å². The maximum Gasteiger partial charge on any atom is 0.573 e. The lowest BCUT2D eigenvalue weighted by Gasteiger charge is -2.20. The monoisotopic (exact) mass is 462 g/mol. The molecule has 0 aliphatic heterocycles. The van der Waals surface area contributed by atoms with E-state index in [0.29, 0.717) is 16.9 Å². The van der Waals surface area contributed by atoms with Crippen LogP contribution in [0.4, 0.5) is 17.6 Å². The standard InChI is InChI=1S/C25H22F4O4/c1-16(2)23(18-9-11-20(12-10-18)33-25(27,28)29)24(30)31-15-17-8-13-21(26)22(14-17)32-19-6-4-3-5-7-19/h3-14,16,23H,15H2,1-2H3. The van der Waals surface area contributed by atoms with E-state index in [2.05, 4.69) is 4.74 Å². The Morgan fingerprint density at radius 1 is 0.909 bits per heavy atom. The van der Waals surface area contributed by atoms with E-state index in [-0.39, 0.29) is 24.0 Å². The average Bonchev–Trinajstić information content (AvgIpc) is 2.75. The van der Waals surface area contributed by atoms with E-state index in [1.165, 1.54) is 30.3 Å². The molecule has 0 amide bonds. The Labute approximate surface area is 188 Å². The summed E-state index contributed by atoms with van der Waals surface area (Å²) in [5.74, 6) is -1.92. The highest BCUT2D eigenvalue weighted by Crippen LogP contribution is 2.30. The van der Waals surface area contributed by atoms with Crippen molar-refractivity contribution < 1.29 is 36.6 Å². The molecule has 0 fully saturated rings. The van der Waals surface area contributed by atoms with Gasteiger partial charge in [-0.1, -0.05) is 50.2 Å². The van der Waals surface area contributed by atoms with Gasteiger partial charge < -0.3 is 14.2 Å². The molecular formula is C25H22F4O4. The number of hydrogen-bond donors (Lipinski definition) is 0. The van der Waals surface area contributed by atoms with Crippen molar-refractivity contribution in [3.8, 4) is 17.2 Å². The Hall–Kier alpha value is -3.55. The molecule has 0 N–H and O–H groups in total. The van der Waals surface area contributed by atoms with Gasteiger partial charge >= 0.3 is 12.3 Å². The first kappa shape index (κ1) is 24.1. The fourth-order valence-corrected chi connectivity index (χ4v) is 3.25. The summed E-state index contributed by atoms with van der Waals surface area (Å²) in [6, 6.07) is 17.9. The molecule has 0 aliphatic rings. The van der Waals surface area contributed by atoms with Gasteiger partial charge in [-0.25, -0.2) is 4.39 Å². The van der Waals surface area contributed by atoms with Crippen molar-refractivity contribution in [1.29, 1.82) is 0 Å². The minimum absolute atomic E-state index is 0.00425. The SMILES string of the molecule is CC(C)C(C(=O)OCc1ccc(F)c(Oc2ccccc2)c1)c1ccc(OC(F)(F)F)cc1. The lowest BCUT2D eigenvalue weighted by Crippen LogP contribution is -2.21. The minimum atomic E-state index is -4.80. The van der Waals surface area contributed by atoms with E-state index in [1.54, 1.807) is 44.2 Å². The first-order valence-corrected chi connectivity index (χ1v) is 10.2. The van der Waals surface area contributed by atoms with Crippen LogP contribution in [0.3, 0.4) is 0 Å². The fourth-order valence-electron chi connectivity index (χ4n) is 3.25. The Morgan fingerprint density at radius 2 is 1.58 bits per heavy atom. The van der Waals surface area contributed by atoms with Crippen LogP contribution in [-0.4, -0.2) is 12.3 Å². The van der Waals surface area contributed by atoms with Gasteiger partial charge in [-0.15, -0.1) is 13.2 Å². The highest BCUT2D eigenvalue weighted by molar-refractivity contribution is 5.78. The number of rotatable bonds is 8. The molecule has 1 unspecified atom stereocenters. The molecule has 0 saturated carbocycles. The van der Waals surface area contributed by atoms with Crippen LogP contribution in [0, 0.1) is 11.7 Å². The quantitative estimate of drug-likeness (QED) is 0.267. The van der Waals surface area contributed by atoms with E-state index in [4.69, 9.17) is 9.47 Å². The molecule has 4 nitrogen and oxygen atoms in total. The van der Waals surface area contributed by atoms with Crippen LogP contribution in [0.2, 0.25) is 0 Å². The van der Waals surface area contributed by atoms with Crippen molar-refractivity contribution in [2.24, 2.45) is 5.92 Å². The molecule has 0 saturated heterocycles. The summed E-state index contributed by atoms with van der Waals surface area (Å²) >= 11 is 0. The molecule has 1 atom stereocenters. The number of hydrogen-bond acceptors (Lipinski definition) is 4. The van der Waals surface area contributed by atoms with E-state index in [1.807, 2.05) is 0 Å². The van der Waals surface area contributed by atoms with Crippen molar-refractivity contribution in [3.63, 3.8) is 0 Å². The van der Waals surface area contributed by atoms with Crippen LogP contribution in [0.25, 0.3) is 0 Å². The molecule has 0 aromatic heterocycles. The Kier molecular flexibility index (Phi) is 7.58. The van der Waals surface area contributed by atoms with Gasteiger partial charge in [0, 0.05) is 0 Å². The van der Waals surface area contributed by atoms with Crippen molar-refractivity contribution in [1.82, 2.24) is 0 Å². The molecule has 0 radical (unpaired) electrons. The summed E-state index contributed by atoms with van der Waals surface area (Å²) in [5, 5.41) is 0. The number of benzene rings is 3. The smallest absolute Gasteiger partial charge is 0.460 e. The third-order valence-corrected chi connectivity index (χ3v) is 4.74. The van der Waals surface area contributed by atoms with Crippen LogP contribution >= 0.6 is 0 Å². The van der Waals surface area contributed by atoms with E-state index in [9.17, 15) is 22.4 Å². The van der Waals surface area contributed by atoms with Crippen molar-refractivity contribution >= 4 is 5.97 Å². The molecule has 3 aromatic carbocycles. The Bertz CT molecular complexity index is 1060. The molecule has 174 valence electrons. The fraction of sp³-hybridized carbons (Fsp3) is 0.240. The van der Waals surface area contributed by atoms with Gasteiger partial charge in [0.05, 0.1) is 5.92 Å². The largest absolute Gasteiger partial charge is 0.573 e. The maximum atomic E-state index is 14.1. The third-order valence-electron chi connectivity index (χ3n) is 4.74. The molecular weight excluding hydrogens is 440 g/mol. The highest BCUT2D eigenvalue weighted by Gasteiger charge is 2.31. The number of halogens is 4. The van der Waals surface area contributed by atoms with E-state index < -0.39 is 24.1 Å². The van der Waals surface area contributed by atoms with Crippen LogP contribution in [-0.2, 0) is 16.1 Å². The number of carbonyl (C=O) groups excluding carboxylic acids is 1. The zero-order valence-corrected chi connectivity index (χ0v) is 17.9. The second-order valence-corrected chi connectivity index (χ2v) is 7.63. The molecule has 3 aromatic rings. The summed E-state index contributed by atoms with van der Waals surface area (Å²) in [6.07, 6.45) is -4.80. The summed E-state index contributed by atoms with van der Waals surface area (Å²) < 4.78 is 66.1. The van der Waals surface area contributed by atoms with Crippen LogP contribution in [0.5, 0.6) is 17.2 Å². The molecule has 3 rings (SSSR count). The van der Waals surface area contributed by atoms with Gasteiger partial charge in [0.15, 0.2) is 11.6 Å². The Morgan fingerprint density at radius 3 is 2.18 bits per heavy atom. The molecule has 0 heterocycles. The first-order valence-electron chi connectivity index (χ1n) is 10.2. The number of alkyl halides is 3. The lowest BCUT2D eigenvalue weighted by molar-refractivity contribution is -0.274. The van der Waals surface area contributed by atoms with Crippen LogP contribution in [0.1, 0.15) is 30.9 Å². The van der Waals surface area contributed by atoms with Gasteiger partial charge in [-0.3, -0.25) is 4.79 Å². The summed E-state index contributed by atoms with van der Waals surface area (Å²) in [6.45, 7) is 3.48. The lowest BCUT2D eigenvalue weighted by atomic mass is 9.88. The maximum absolute atomic E-state index is 14.1. The van der Waals surface area contributed by atoms with Crippen molar-refractivity contribution in [3.05, 3.63) is 89.7 Å². The predicted octanol–water partition coefficient (Wildman–Crippen LogP) is 7.00. The molecule has 8 heteroatoms. The van der Waals surface area contributed by atoms with Gasteiger partial charge in [-0.2, -0.15) is 0 Å². The van der Waals surface area contributed by atoms with Gasteiger partial charge in [-0.05, 0) is 53.4 Å². The second-order valence-electron chi connectivity index (χ2n) is 7.63. The van der Waals surface area contributed by atoms with Crippen molar-refractivity contribution in [2.75, 3.05) is 0 Å². The summed E-state index contributed by atoms with van der Waals surface area (Å²) in [7, 11) is 0. The molecule has 0 aliphatic carbocycles. The Balaban J connectivity index is 1.68. The zero-order valence-electron chi connectivity index (χ0n) is 17.9.